The van der Waals surface area contributed by atoms with E-state index in [1.54, 1.807) is 24.3 Å². The topological polar surface area (TPSA) is 84.5 Å². The van der Waals surface area contributed by atoms with E-state index in [-0.39, 0.29) is 6.09 Å². The smallest absolute Gasteiger partial charge is 0.407 e. The van der Waals surface area contributed by atoms with Crippen LogP contribution in [-0.2, 0) is 14.8 Å². The van der Waals surface area contributed by atoms with Crippen molar-refractivity contribution in [3.05, 3.63) is 29.8 Å². The van der Waals surface area contributed by atoms with Crippen LogP contribution < -0.4 is 10.0 Å². The highest BCUT2D eigenvalue weighted by atomic mass is 32.2. The minimum absolute atomic E-state index is 0.311. The summed E-state index contributed by atoms with van der Waals surface area (Å²) in [4.78, 5) is 11.8. The fraction of sp³-hybridized carbons (Fsp3) is 0.650. The van der Waals surface area contributed by atoms with Crippen LogP contribution in [0.3, 0.4) is 0 Å². The van der Waals surface area contributed by atoms with Crippen molar-refractivity contribution in [2.45, 2.75) is 76.7 Å². The number of carbonyl (C=O) groups excluding carboxylic acids is 1. The summed E-state index contributed by atoms with van der Waals surface area (Å²) in [5.41, 5.74) is 0.570. The van der Waals surface area contributed by atoms with Gasteiger partial charge >= 0.3 is 6.09 Å². The number of unbranched alkanes of at least 4 members (excludes halogenated alkanes) is 5. The fourth-order valence-corrected chi connectivity index (χ4v) is 3.54. The summed E-state index contributed by atoms with van der Waals surface area (Å²) in [5, 5.41) is 2.75. The molecular weight excluding hydrogens is 364 g/mol. The van der Waals surface area contributed by atoms with E-state index < -0.39 is 15.6 Å². The zero-order valence-corrected chi connectivity index (χ0v) is 17.8. The minimum atomic E-state index is -3.41. The molecule has 0 bridgehead atoms. The van der Waals surface area contributed by atoms with Crippen LogP contribution in [0.2, 0.25) is 0 Å². The van der Waals surface area contributed by atoms with Gasteiger partial charge in [0.05, 0.1) is 4.90 Å². The van der Waals surface area contributed by atoms with Crippen molar-refractivity contribution in [1.82, 2.24) is 10.0 Å². The fourth-order valence-electron chi connectivity index (χ4n) is 2.47. The Morgan fingerprint density at radius 2 is 1.44 bits per heavy atom. The average Bonchev–Trinajstić information content (AvgIpc) is 2.55. The zero-order valence-electron chi connectivity index (χ0n) is 17.0. The number of aryl methyl sites for hydroxylation is 1. The molecule has 154 valence electrons. The normalized spacial score (nSPS) is 12.0. The molecule has 0 saturated carbocycles. The maximum Gasteiger partial charge on any atom is 0.407 e. The molecular formula is C20H34N2O4S. The van der Waals surface area contributed by atoms with E-state index in [2.05, 4.69) is 10.0 Å². The lowest BCUT2D eigenvalue weighted by molar-refractivity contribution is 0.0527. The van der Waals surface area contributed by atoms with Gasteiger partial charge in [-0.25, -0.2) is 17.9 Å². The number of nitrogens with one attached hydrogen (secondary N) is 2. The van der Waals surface area contributed by atoms with Gasteiger partial charge in [0.25, 0.3) is 0 Å². The SMILES string of the molecule is Cc1ccc(S(=O)(=O)NCCCCCCCCNC(=O)OC(C)(C)C)cc1. The van der Waals surface area contributed by atoms with Gasteiger partial charge in [-0.3, -0.25) is 0 Å². The van der Waals surface area contributed by atoms with E-state index in [0.29, 0.717) is 18.0 Å². The Bertz CT molecular complexity index is 664. The Labute approximate surface area is 164 Å². The highest BCUT2D eigenvalue weighted by Crippen LogP contribution is 2.11. The predicted molar refractivity (Wildman–Crippen MR) is 108 cm³/mol. The Morgan fingerprint density at radius 1 is 0.926 bits per heavy atom. The Hall–Kier alpha value is -1.60. The van der Waals surface area contributed by atoms with E-state index >= 15 is 0 Å². The van der Waals surface area contributed by atoms with E-state index in [1.165, 1.54) is 0 Å². The van der Waals surface area contributed by atoms with Crippen LogP contribution in [0.4, 0.5) is 4.79 Å². The molecule has 0 aliphatic rings. The third-order valence-electron chi connectivity index (χ3n) is 3.90. The van der Waals surface area contributed by atoms with Gasteiger partial charge in [0.2, 0.25) is 10.0 Å². The minimum Gasteiger partial charge on any atom is -0.444 e. The maximum atomic E-state index is 12.1. The van der Waals surface area contributed by atoms with Gasteiger partial charge in [-0.1, -0.05) is 43.4 Å². The summed E-state index contributed by atoms with van der Waals surface area (Å²) >= 11 is 0. The Balaban J connectivity index is 2.03. The quantitative estimate of drug-likeness (QED) is 0.549. The molecule has 0 atom stereocenters. The molecule has 0 saturated heterocycles. The summed E-state index contributed by atoms with van der Waals surface area (Å²) in [5.74, 6) is 0. The number of hydrogen-bond acceptors (Lipinski definition) is 4. The van der Waals surface area contributed by atoms with Crippen LogP contribution in [0.5, 0.6) is 0 Å². The van der Waals surface area contributed by atoms with Crippen molar-refractivity contribution in [2.24, 2.45) is 0 Å². The first-order valence-corrected chi connectivity index (χ1v) is 11.1. The largest absolute Gasteiger partial charge is 0.444 e. The lowest BCUT2D eigenvalue weighted by Gasteiger charge is -2.19. The maximum absolute atomic E-state index is 12.1. The standard InChI is InChI=1S/C20H34N2O4S/c1-17-11-13-18(14-12-17)27(24,25)22-16-10-8-6-5-7-9-15-21-19(23)26-20(2,3)4/h11-14,22H,5-10,15-16H2,1-4H3,(H,21,23). The third-order valence-corrected chi connectivity index (χ3v) is 5.37. The highest BCUT2D eigenvalue weighted by molar-refractivity contribution is 7.89. The summed E-state index contributed by atoms with van der Waals surface area (Å²) in [7, 11) is -3.41. The second-order valence-corrected chi connectivity index (χ2v) is 9.53. The number of sulfonamides is 1. The van der Waals surface area contributed by atoms with Crippen LogP contribution in [0.15, 0.2) is 29.2 Å². The van der Waals surface area contributed by atoms with Crippen LogP contribution in [-0.4, -0.2) is 33.2 Å². The molecule has 0 aliphatic heterocycles. The number of carbonyl (C=O) groups is 1. The summed E-state index contributed by atoms with van der Waals surface area (Å²) in [6, 6.07) is 6.85. The molecule has 2 N–H and O–H groups in total. The first-order valence-electron chi connectivity index (χ1n) is 9.63. The lowest BCUT2D eigenvalue weighted by atomic mass is 10.1. The van der Waals surface area contributed by atoms with Gasteiger partial charge in [-0.15, -0.1) is 0 Å². The first-order chi connectivity index (χ1) is 12.6. The van der Waals surface area contributed by atoms with Gasteiger partial charge in [0, 0.05) is 13.1 Å². The molecule has 0 radical (unpaired) electrons. The molecule has 27 heavy (non-hydrogen) atoms. The average molecular weight is 399 g/mol. The molecule has 0 spiro atoms. The number of alkyl carbamates (subject to hydrolysis) is 1. The number of ether oxygens (including phenoxy) is 1. The van der Waals surface area contributed by atoms with Gasteiger partial charge in [0.1, 0.15) is 5.60 Å². The van der Waals surface area contributed by atoms with Crippen molar-refractivity contribution >= 4 is 16.1 Å². The predicted octanol–water partition coefficient (Wildman–Crippen LogP) is 4.14. The second kappa shape index (κ2) is 11.3. The Kier molecular flexibility index (Phi) is 9.80. The molecule has 0 aromatic heterocycles. The summed E-state index contributed by atoms with van der Waals surface area (Å²) in [6.45, 7) is 8.52. The molecule has 6 nitrogen and oxygen atoms in total. The number of hydrogen-bond donors (Lipinski definition) is 2. The van der Waals surface area contributed by atoms with Crippen LogP contribution in [0.1, 0.15) is 64.9 Å². The van der Waals surface area contributed by atoms with Gasteiger partial charge < -0.3 is 10.1 Å². The van der Waals surface area contributed by atoms with Crippen LogP contribution in [0.25, 0.3) is 0 Å². The monoisotopic (exact) mass is 398 g/mol. The molecule has 7 heteroatoms. The van der Waals surface area contributed by atoms with E-state index in [1.807, 2.05) is 27.7 Å². The molecule has 0 fully saturated rings. The van der Waals surface area contributed by atoms with E-state index in [9.17, 15) is 13.2 Å². The lowest BCUT2D eigenvalue weighted by Crippen LogP contribution is -2.32. The third kappa shape index (κ3) is 11.0. The molecule has 0 unspecified atom stereocenters. The number of amides is 1. The first kappa shape index (κ1) is 23.4. The van der Waals surface area contributed by atoms with Crippen LogP contribution in [0, 0.1) is 6.92 Å². The van der Waals surface area contributed by atoms with Gasteiger partial charge in [-0.2, -0.15) is 0 Å². The van der Waals surface area contributed by atoms with Gasteiger partial charge in [-0.05, 0) is 52.7 Å². The van der Waals surface area contributed by atoms with Crippen molar-refractivity contribution in [3.63, 3.8) is 0 Å². The van der Waals surface area contributed by atoms with Crippen molar-refractivity contribution in [2.75, 3.05) is 13.1 Å². The summed E-state index contributed by atoms with van der Waals surface area (Å²) < 4.78 is 32.1. The zero-order chi connectivity index (χ0) is 20.3. The second-order valence-electron chi connectivity index (χ2n) is 7.76. The molecule has 1 amide bonds. The van der Waals surface area contributed by atoms with Crippen molar-refractivity contribution < 1.29 is 17.9 Å². The van der Waals surface area contributed by atoms with Crippen molar-refractivity contribution in [1.29, 1.82) is 0 Å². The van der Waals surface area contributed by atoms with Crippen molar-refractivity contribution in [3.8, 4) is 0 Å². The molecule has 0 heterocycles. The van der Waals surface area contributed by atoms with E-state index in [4.69, 9.17) is 4.74 Å². The number of rotatable bonds is 11. The highest BCUT2D eigenvalue weighted by Gasteiger charge is 2.15. The number of benzene rings is 1. The molecule has 0 aliphatic carbocycles. The molecule has 1 rings (SSSR count). The summed E-state index contributed by atoms with van der Waals surface area (Å²) in [6.07, 6.45) is 5.50. The van der Waals surface area contributed by atoms with Gasteiger partial charge in [0.15, 0.2) is 0 Å². The molecule has 1 aromatic rings. The van der Waals surface area contributed by atoms with Crippen LogP contribution >= 0.6 is 0 Å². The molecule has 1 aromatic carbocycles. The van der Waals surface area contributed by atoms with E-state index in [0.717, 1.165) is 44.1 Å². The Morgan fingerprint density at radius 3 is 2.00 bits per heavy atom.